The van der Waals surface area contributed by atoms with Gasteiger partial charge in [0.1, 0.15) is 5.75 Å². The van der Waals surface area contributed by atoms with Gasteiger partial charge in [0.05, 0.1) is 12.4 Å². The Labute approximate surface area is 193 Å². The number of nitrogens with zero attached hydrogens (tertiary/aromatic N) is 2. The van der Waals surface area contributed by atoms with Gasteiger partial charge in [-0.2, -0.15) is 9.36 Å². The Kier molecular flexibility index (Phi) is 8.33. The van der Waals surface area contributed by atoms with Gasteiger partial charge in [0, 0.05) is 27.7 Å². The molecule has 0 saturated carbocycles. The van der Waals surface area contributed by atoms with Crippen LogP contribution in [0.5, 0.6) is 5.75 Å². The van der Waals surface area contributed by atoms with Gasteiger partial charge in [0.25, 0.3) is 5.91 Å². The van der Waals surface area contributed by atoms with Gasteiger partial charge in [0.15, 0.2) is 0 Å². The van der Waals surface area contributed by atoms with Crippen molar-refractivity contribution in [3.05, 3.63) is 54.1 Å². The van der Waals surface area contributed by atoms with E-state index in [2.05, 4.69) is 20.0 Å². The van der Waals surface area contributed by atoms with Crippen molar-refractivity contribution >= 4 is 57.7 Å². The van der Waals surface area contributed by atoms with Crippen LogP contribution in [0.3, 0.4) is 0 Å². The van der Waals surface area contributed by atoms with E-state index in [1.54, 1.807) is 31.4 Å². The molecule has 2 aromatic carbocycles. The molecule has 1 atom stereocenters. The molecule has 3 rings (SSSR count). The maximum absolute atomic E-state index is 12.4. The molecule has 7 nitrogen and oxygen atoms in total. The summed E-state index contributed by atoms with van der Waals surface area (Å²) in [4.78, 5) is 30.1. The van der Waals surface area contributed by atoms with E-state index in [1.807, 2.05) is 38.1 Å². The van der Waals surface area contributed by atoms with E-state index >= 15 is 0 Å². The molecular formula is C21H22N4O3S3. The fourth-order valence-electron chi connectivity index (χ4n) is 2.50. The van der Waals surface area contributed by atoms with Crippen molar-refractivity contribution in [1.82, 2.24) is 9.36 Å². The SMILES string of the molecule is CCSc1nsc(NC(=O)C(C)Sc2ccc(NC(=O)c3cccc(OC)c3)cc2)n1. The molecule has 0 spiro atoms. The summed E-state index contributed by atoms with van der Waals surface area (Å²) in [5, 5.41) is 6.53. The minimum Gasteiger partial charge on any atom is -0.497 e. The van der Waals surface area contributed by atoms with Gasteiger partial charge in [-0.25, -0.2) is 0 Å². The highest BCUT2D eigenvalue weighted by Crippen LogP contribution is 2.27. The van der Waals surface area contributed by atoms with E-state index in [0.717, 1.165) is 10.6 Å². The normalized spacial score (nSPS) is 11.6. The van der Waals surface area contributed by atoms with Crippen molar-refractivity contribution < 1.29 is 14.3 Å². The summed E-state index contributed by atoms with van der Waals surface area (Å²) in [6, 6.07) is 14.3. The predicted molar refractivity (Wildman–Crippen MR) is 128 cm³/mol. The number of thioether (sulfide) groups is 2. The number of aromatic nitrogens is 2. The third-order valence-corrected chi connectivity index (χ3v) is 6.62. The van der Waals surface area contributed by atoms with Crippen LogP contribution in [0.1, 0.15) is 24.2 Å². The number of hydrogen-bond acceptors (Lipinski definition) is 8. The molecule has 0 aliphatic carbocycles. The van der Waals surface area contributed by atoms with Crippen molar-refractivity contribution in [3.63, 3.8) is 0 Å². The van der Waals surface area contributed by atoms with Crippen LogP contribution < -0.4 is 15.4 Å². The second kappa shape index (κ2) is 11.2. The van der Waals surface area contributed by atoms with Crippen LogP contribution in [-0.4, -0.2) is 39.3 Å². The summed E-state index contributed by atoms with van der Waals surface area (Å²) in [7, 11) is 1.56. The summed E-state index contributed by atoms with van der Waals surface area (Å²) >= 11 is 4.14. The molecule has 162 valence electrons. The Morgan fingerprint density at radius 1 is 1.16 bits per heavy atom. The molecule has 0 aliphatic heterocycles. The predicted octanol–water partition coefficient (Wildman–Crippen LogP) is 5.03. The van der Waals surface area contributed by atoms with E-state index in [0.29, 0.717) is 27.3 Å². The first kappa shape index (κ1) is 23.1. The highest BCUT2D eigenvalue weighted by molar-refractivity contribution is 8.00. The van der Waals surface area contributed by atoms with Gasteiger partial charge in [0.2, 0.25) is 16.2 Å². The molecule has 3 aromatic rings. The first-order valence-corrected chi connectivity index (χ1v) is 12.1. The average molecular weight is 475 g/mol. The number of carbonyl (C=O) groups excluding carboxylic acids is 2. The standard InChI is InChI=1S/C21H22N4O3S3/c1-4-29-21-24-20(31-25-21)23-18(26)13(2)30-17-10-8-15(9-11-17)22-19(27)14-6-5-7-16(12-14)28-3/h5-13H,4H2,1-3H3,(H,22,27)(H,23,24,25,26). The summed E-state index contributed by atoms with van der Waals surface area (Å²) < 4.78 is 9.35. The second-order valence-corrected chi connectivity index (χ2v) is 9.67. The molecule has 0 aliphatic rings. The molecule has 0 saturated heterocycles. The zero-order valence-electron chi connectivity index (χ0n) is 17.2. The minimum absolute atomic E-state index is 0.135. The molecule has 31 heavy (non-hydrogen) atoms. The van der Waals surface area contributed by atoms with Crippen LogP contribution in [-0.2, 0) is 4.79 Å². The molecule has 0 radical (unpaired) electrons. The molecule has 1 aromatic heterocycles. The maximum Gasteiger partial charge on any atom is 0.255 e. The van der Waals surface area contributed by atoms with Crippen LogP contribution in [0.15, 0.2) is 58.6 Å². The van der Waals surface area contributed by atoms with E-state index < -0.39 is 0 Å². The van der Waals surface area contributed by atoms with Gasteiger partial charge in [-0.3, -0.25) is 14.9 Å². The Hall–Kier alpha value is -2.56. The van der Waals surface area contributed by atoms with E-state index in [-0.39, 0.29) is 17.1 Å². The summed E-state index contributed by atoms with van der Waals surface area (Å²) in [6.07, 6.45) is 0. The topological polar surface area (TPSA) is 93.2 Å². The van der Waals surface area contributed by atoms with Gasteiger partial charge >= 0.3 is 0 Å². The lowest BCUT2D eigenvalue weighted by molar-refractivity contribution is -0.115. The van der Waals surface area contributed by atoms with Crippen LogP contribution >= 0.6 is 35.1 Å². The second-order valence-electron chi connectivity index (χ2n) is 6.27. The van der Waals surface area contributed by atoms with Gasteiger partial charge in [-0.05, 0) is 55.1 Å². The number of rotatable bonds is 9. The average Bonchev–Trinajstić information content (AvgIpc) is 3.22. The fraction of sp³-hybridized carbons (Fsp3) is 0.238. The summed E-state index contributed by atoms with van der Waals surface area (Å²) in [6.45, 7) is 3.86. The van der Waals surface area contributed by atoms with E-state index in [9.17, 15) is 9.59 Å². The molecule has 1 heterocycles. The van der Waals surface area contributed by atoms with Gasteiger partial charge in [-0.15, -0.1) is 11.8 Å². The Balaban J connectivity index is 1.54. The molecular weight excluding hydrogens is 452 g/mol. The quantitative estimate of drug-likeness (QED) is 0.420. The Bertz CT molecular complexity index is 1040. The Morgan fingerprint density at radius 2 is 1.94 bits per heavy atom. The van der Waals surface area contributed by atoms with Crippen molar-refractivity contribution in [2.75, 3.05) is 23.5 Å². The molecule has 2 N–H and O–H groups in total. The third kappa shape index (κ3) is 6.71. The van der Waals surface area contributed by atoms with Crippen molar-refractivity contribution in [1.29, 1.82) is 0 Å². The van der Waals surface area contributed by atoms with Gasteiger partial charge in [-0.1, -0.05) is 24.8 Å². The number of ether oxygens (including phenoxy) is 1. The Morgan fingerprint density at radius 3 is 2.65 bits per heavy atom. The van der Waals surface area contributed by atoms with E-state index in [4.69, 9.17) is 4.74 Å². The lowest BCUT2D eigenvalue weighted by Gasteiger charge is -2.11. The minimum atomic E-state index is -0.316. The molecule has 0 fully saturated rings. The molecule has 0 bridgehead atoms. The van der Waals surface area contributed by atoms with Crippen LogP contribution in [0.25, 0.3) is 0 Å². The first-order chi connectivity index (χ1) is 15.0. The largest absolute Gasteiger partial charge is 0.497 e. The van der Waals surface area contributed by atoms with Crippen LogP contribution in [0, 0.1) is 0 Å². The fourth-order valence-corrected chi connectivity index (χ4v) is 4.64. The highest BCUT2D eigenvalue weighted by Gasteiger charge is 2.17. The molecule has 10 heteroatoms. The maximum atomic E-state index is 12.4. The number of hydrogen-bond donors (Lipinski definition) is 2. The number of amides is 2. The van der Waals surface area contributed by atoms with Crippen molar-refractivity contribution in [2.45, 2.75) is 29.1 Å². The van der Waals surface area contributed by atoms with Gasteiger partial charge < -0.3 is 10.1 Å². The zero-order chi connectivity index (χ0) is 22.2. The zero-order valence-corrected chi connectivity index (χ0v) is 19.7. The number of benzene rings is 2. The lowest BCUT2D eigenvalue weighted by Crippen LogP contribution is -2.22. The lowest BCUT2D eigenvalue weighted by atomic mass is 10.2. The molecule has 2 amide bonds. The molecule has 1 unspecified atom stereocenters. The smallest absolute Gasteiger partial charge is 0.255 e. The first-order valence-electron chi connectivity index (χ1n) is 9.48. The van der Waals surface area contributed by atoms with Crippen molar-refractivity contribution in [3.8, 4) is 5.75 Å². The summed E-state index contributed by atoms with van der Waals surface area (Å²) in [5.74, 6) is 1.15. The number of methoxy groups -OCH3 is 1. The third-order valence-electron chi connectivity index (χ3n) is 4.04. The van der Waals surface area contributed by atoms with Crippen molar-refractivity contribution in [2.24, 2.45) is 0 Å². The number of nitrogens with one attached hydrogen (secondary N) is 2. The number of carbonyl (C=O) groups is 2. The van der Waals surface area contributed by atoms with Crippen LogP contribution in [0.2, 0.25) is 0 Å². The summed E-state index contributed by atoms with van der Waals surface area (Å²) in [5.41, 5.74) is 1.18. The van der Waals surface area contributed by atoms with Crippen LogP contribution in [0.4, 0.5) is 10.8 Å². The number of anilines is 2. The monoisotopic (exact) mass is 474 g/mol. The highest BCUT2D eigenvalue weighted by atomic mass is 32.2. The van der Waals surface area contributed by atoms with E-state index in [1.165, 1.54) is 35.1 Å².